The molecule has 0 N–H and O–H groups in total. The molecular weight excluding hydrogens is 435 g/mol. The summed E-state index contributed by atoms with van der Waals surface area (Å²) in [5.74, 6) is -2.02. The number of amides is 2. The Morgan fingerprint density at radius 3 is 2.30 bits per heavy atom. The minimum Gasteiger partial charge on any atom is -0.444 e. The fourth-order valence-corrected chi connectivity index (χ4v) is 4.50. The predicted octanol–water partition coefficient (Wildman–Crippen LogP) is 4.86. The topological polar surface area (TPSA) is 73.6 Å². The molecule has 2 amide bonds. The zero-order chi connectivity index (χ0) is 24.4. The van der Waals surface area contributed by atoms with Crippen LogP contribution in [-0.4, -0.2) is 59.3 Å². The molecule has 1 aliphatic heterocycles. The van der Waals surface area contributed by atoms with E-state index in [4.69, 9.17) is 4.74 Å². The molecule has 0 spiro atoms. The van der Waals surface area contributed by atoms with Gasteiger partial charge < -0.3 is 14.5 Å². The van der Waals surface area contributed by atoms with Crippen molar-refractivity contribution in [2.75, 3.05) is 19.6 Å². The van der Waals surface area contributed by atoms with Gasteiger partial charge in [-0.2, -0.15) is 18.4 Å². The number of alkyl halides is 3. The Labute approximate surface area is 192 Å². The van der Waals surface area contributed by atoms with Crippen molar-refractivity contribution in [1.82, 2.24) is 9.80 Å². The molecular formula is C24H30F3N3O3. The lowest BCUT2D eigenvalue weighted by Gasteiger charge is -2.43. The first-order valence-corrected chi connectivity index (χ1v) is 11.1. The fraction of sp³-hybridized carbons (Fsp3) is 0.625. The number of likely N-dealkylation sites (tertiary alicyclic amines) is 1. The van der Waals surface area contributed by atoms with Gasteiger partial charge in [-0.25, -0.2) is 4.79 Å². The number of nitriles is 1. The van der Waals surface area contributed by atoms with Crippen molar-refractivity contribution in [2.24, 2.45) is 5.41 Å². The highest BCUT2D eigenvalue weighted by molar-refractivity contribution is 5.82. The highest BCUT2D eigenvalue weighted by Crippen LogP contribution is 2.48. The first kappa shape index (κ1) is 24.9. The Morgan fingerprint density at radius 2 is 1.79 bits per heavy atom. The summed E-state index contributed by atoms with van der Waals surface area (Å²) in [4.78, 5) is 27.2. The number of carbonyl (C=O) groups is 2. The van der Waals surface area contributed by atoms with Crippen LogP contribution in [0, 0.1) is 16.7 Å². The van der Waals surface area contributed by atoms with Crippen molar-refractivity contribution < 1.29 is 27.5 Å². The van der Waals surface area contributed by atoms with Crippen LogP contribution in [0.4, 0.5) is 18.0 Å². The summed E-state index contributed by atoms with van der Waals surface area (Å²) in [6.45, 7) is 5.64. The lowest BCUT2D eigenvalue weighted by atomic mass is 9.75. The number of carbonyl (C=O) groups excluding carboxylic acids is 2. The minimum atomic E-state index is -4.99. The number of nitrogens with zero attached hydrogens (tertiary/aromatic N) is 3. The lowest BCUT2D eigenvalue weighted by Crippen LogP contribution is -2.52. The maximum atomic E-state index is 13.5. The van der Waals surface area contributed by atoms with Gasteiger partial charge in [0.05, 0.1) is 6.07 Å². The van der Waals surface area contributed by atoms with Crippen LogP contribution >= 0.6 is 0 Å². The third kappa shape index (κ3) is 6.18. The fourth-order valence-electron chi connectivity index (χ4n) is 4.50. The predicted molar refractivity (Wildman–Crippen MR) is 115 cm³/mol. The van der Waals surface area contributed by atoms with Crippen LogP contribution in [0.25, 0.3) is 0 Å². The number of halogens is 3. The molecule has 2 unspecified atom stereocenters. The van der Waals surface area contributed by atoms with E-state index < -0.39 is 35.2 Å². The Bertz CT molecular complexity index is 898. The largest absolute Gasteiger partial charge is 0.471 e. The number of ether oxygens (including phenoxy) is 1. The Hall–Kier alpha value is -2.76. The van der Waals surface area contributed by atoms with Gasteiger partial charge in [0.2, 0.25) is 0 Å². The van der Waals surface area contributed by atoms with Gasteiger partial charge in [-0.3, -0.25) is 4.79 Å². The summed E-state index contributed by atoms with van der Waals surface area (Å²) in [5, 5.41) is 9.43. The molecule has 9 heteroatoms. The van der Waals surface area contributed by atoms with Gasteiger partial charge in [0.25, 0.3) is 0 Å². The van der Waals surface area contributed by atoms with Crippen LogP contribution in [0.3, 0.4) is 0 Å². The summed E-state index contributed by atoms with van der Waals surface area (Å²) in [7, 11) is 0. The van der Waals surface area contributed by atoms with Crippen molar-refractivity contribution in [3.8, 4) is 6.07 Å². The van der Waals surface area contributed by atoms with Gasteiger partial charge in [0.15, 0.2) is 0 Å². The number of benzene rings is 1. The molecule has 1 aromatic rings. The first-order valence-electron chi connectivity index (χ1n) is 11.1. The molecule has 2 atom stereocenters. The number of rotatable bonds is 5. The maximum absolute atomic E-state index is 13.5. The summed E-state index contributed by atoms with van der Waals surface area (Å²) in [5.41, 5.74) is -0.568. The number of hydrogen-bond donors (Lipinski definition) is 0. The van der Waals surface area contributed by atoms with Crippen LogP contribution in [0.5, 0.6) is 0 Å². The van der Waals surface area contributed by atoms with Gasteiger partial charge >= 0.3 is 18.2 Å². The summed E-state index contributed by atoms with van der Waals surface area (Å²) < 4.78 is 45.8. The normalized spacial score (nSPS) is 22.3. The zero-order valence-corrected chi connectivity index (χ0v) is 19.2. The molecule has 0 radical (unpaired) electrons. The third-order valence-corrected chi connectivity index (χ3v) is 6.32. The molecule has 0 bridgehead atoms. The van der Waals surface area contributed by atoms with E-state index in [1.165, 1.54) is 4.90 Å². The standard InChI is InChI=1S/C24H30F3N3O3/c1-22(2,3)33-21(32)29-13-10-23(9-12-28,11-14-29)16-30(20(31)24(25,26)27)19-15-18(19)17-7-5-4-6-8-17/h4-8,18-19H,9-11,13-16H2,1-3H3. The summed E-state index contributed by atoms with van der Waals surface area (Å²) >= 11 is 0. The second-order valence-electron chi connectivity index (χ2n) is 10.1. The summed E-state index contributed by atoms with van der Waals surface area (Å²) in [6, 6.07) is 10.7. The van der Waals surface area contributed by atoms with Crippen LogP contribution in [0.1, 0.15) is 57.9 Å². The Balaban J connectivity index is 1.76. The van der Waals surface area contributed by atoms with E-state index in [2.05, 4.69) is 6.07 Å². The van der Waals surface area contributed by atoms with Crippen molar-refractivity contribution in [3.63, 3.8) is 0 Å². The Kier molecular flexibility index (Phi) is 6.96. The van der Waals surface area contributed by atoms with Gasteiger partial charge in [-0.05, 0) is 45.6 Å². The number of hydrogen-bond acceptors (Lipinski definition) is 4. The Morgan fingerprint density at radius 1 is 1.18 bits per heavy atom. The van der Waals surface area contributed by atoms with E-state index in [1.54, 1.807) is 20.8 Å². The molecule has 0 aromatic heterocycles. The number of piperidine rings is 1. The first-order chi connectivity index (χ1) is 15.4. The summed E-state index contributed by atoms with van der Waals surface area (Å²) in [6.07, 6.45) is -4.36. The SMILES string of the molecule is CC(C)(C)OC(=O)N1CCC(CC#N)(CN(C(=O)C(F)(F)F)C2CC2c2ccccc2)CC1. The van der Waals surface area contributed by atoms with E-state index in [0.717, 1.165) is 10.5 Å². The monoisotopic (exact) mass is 465 g/mol. The molecule has 3 rings (SSSR count). The van der Waals surface area contributed by atoms with Gasteiger partial charge in [-0.15, -0.1) is 0 Å². The molecule has 180 valence electrons. The average molecular weight is 466 g/mol. The molecule has 1 aromatic carbocycles. The van der Waals surface area contributed by atoms with Gasteiger partial charge in [-0.1, -0.05) is 30.3 Å². The molecule has 6 nitrogen and oxygen atoms in total. The van der Waals surface area contributed by atoms with E-state index in [0.29, 0.717) is 19.3 Å². The maximum Gasteiger partial charge on any atom is 0.471 e. The van der Waals surface area contributed by atoms with E-state index in [9.17, 15) is 28.0 Å². The van der Waals surface area contributed by atoms with Crippen LogP contribution < -0.4 is 0 Å². The van der Waals surface area contributed by atoms with Gasteiger partial charge in [0, 0.05) is 43.4 Å². The average Bonchev–Trinajstić information content (AvgIpc) is 3.52. The second-order valence-corrected chi connectivity index (χ2v) is 10.1. The minimum absolute atomic E-state index is 0.0134. The van der Waals surface area contributed by atoms with E-state index >= 15 is 0 Å². The molecule has 1 heterocycles. The van der Waals surface area contributed by atoms with Crippen LogP contribution in [-0.2, 0) is 9.53 Å². The van der Waals surface area contributed by atoms with Crippen molar-refractivity contribution >= 4 is 12.0 Å². The van der Waals surface area contributed by atoms with Crippen LogP contribution in [0.15, 0.2) is 30.3 Å². The van der Waals surface area contributed by atoms with Crippen molar-refractivity contribution in [3.05, 3.63) is 35.9 Å². The molecule has 2 fully saturated rings. The third-order valence-electron chi connectivity index (χ3n) is 6.32. The second kappa shape index (κ2) is 9.24. The molecule has 2 aliphatic rings. The molecule has 33 heavy (non-hydrogen) atoms. The van der Waals surface area contributed by atoms with E-state index in [-0.39, 0.29) is 32.0 Å². The van der Waals surface area contributed by atoms with E-state index in [1.807, 2.05) is 30.3 Å². The molecule has 1 saturated heterocycles. The zero-order valence-electron chi connectivity index (χ0n) is 19.2. The van der Waals surface area contributed by atoms with Gasteiger partial charge in [0.1, 0.15) is 5.60 Å². The smallest absolute Gasteiger partial charge is 0.444 e. The lowest BCUT2D eigenvalue weighted by molar-refractivity contribution is -0.188. The molecule has 1 saturated carbocycles. The van der Waals surface area contributed by atoms with Crippen molar-refractivity contribution in [2.45, 2.75) is 70.2 Å². The van der Waals surface area contributed by atoms with Crippen LogP contribution in [0.2, 0.25) is 0 Å². The molecule has 1 aliphatic carbocycles. The quantitative estimate of drug-likeness (QED) is 0.622. The van der Waals surface area contributed by atoms with Crippen molar-refractivity contribution in [1.29, 1.82) is 5.26 Å². The highest BCUT2D eigenvalue weighted by atomic mass is 19.4. The highest BCUT2D eigenvalue weighted by Gasteiger charge is 2.54.